The van der Waals surface area contributed by atoms with Crippen LogP contribution in [0.15, 0.2) is 48.7 Å². The normalized spacial score (nSPS) is 12.3. The molecule has 0 aliphatic heterocycles. The minimum Gasteiger partial charge on any atom is -0.487 e. The third-order valence-corrected chi connectivity index (χ3v) is 3.30. The standard InChI is InChI=1S/C16H16ClF3N2O2/c1-2-23-15(16(18,19)20)11-24-14-5-3-12(4-6-14)9-22-10-13(7-17)8-21-22/h3-6,8,10-11H,2,7,9H2,1H3/b15-11-. The lowest BCUT2D eigenvalue weighted by Crippen LogP contribution is -2.15. The lowest BCUT2D eigenvalue weighted by Gasteiger charge is -2.12. The Kier molecular flexibility index (Phi) is 6.14. The van der Waals surface area contributed by atoms with E-state index in [2.05, 4.69) is 9.84 Å². The van der Waals surface area contributed by atoms with E-state index >= 15 is 0 Å². The van der Waals surface area contributed by atoms with Gasteiger partial charge in [-0.2, -0.15) is 18.3 Å². The van der Waals surface area contributed by atoms with Gasteiger partial charge in [-0.05, 0) is 24.6 Å². The van der Waals surface area contributed by atoms with E-state index in [-0.39, 0.29) is 12.4 Å². The first-order chi connectivity index (χ1) is 11.4. The molecule has 0 bridgehead atoms. The Labute approximate surface area is 142 Å². The van der Waals surface area contributed by atoms with E-state index in [4.69, 9.17) is 16.3 Å². The van der Waals surface area contributed by atoms with Crippen molar-refractivity contribution in [3.05, 3.63) is 59.8 Å². The number of hydrogen-bond donors (Lipinski definition) is 0. The minimum absolute atomic E-state index is 0.0954. The topological polar surface area (TPSA) is 36.3 Å². The molecule has 2 rings (SSSR count). The fourth-order valence-electron chi connectivity index (χ4n) is 1.88. The second kappa shape index (κ2) is 8.10. The fraction of sp³-hybridized carbons (Fsp3) is 0.312. The van der Waals surface area contributed by atoms with Crippen molar-refractivity contribution in [1.82, 2.24) is 9.78 Å². The molecule has 0 radical (unpaired) electrons. The minimum atomic E-state index is -4.59. The number of benzene rings is 1. The van der Waals surface area contributed by atoms with Gasteiger partial charge in [0.25, 0.3) is 0 Å². The van der Waals surface area contributed by atoms with E-state index in [1.807, 2.05) is 6.20 Å². The number of hydrogen-bond acceptors (Lipinski definition) is 3. The maximum absolute atomic E-state index is 12.7. The molecule has 24 heavy (non-hydrogen) atoms. The number of aromatic nitrogens is 2. The van der Waals surface area contributed by atoms with Crippen LogP contribution in [0.1, 0.15) is 18.1 Å². The van der Waals surface area contributed by atoms with Crippen molar-refractivity contribution in [2.24, 2.45) is 0 Å². The average Bonchev–Trinajstić information content (AvgIpc) is 2.99. The van der Waals surface area contributed by atoms with Crippen molar-refractivity contribution in [1.29, 1.82) is 0 Å². The molecule has 2 aromatic rings. The molecule has 1 heterocycles. The van der Waals surface area contributed by atoms with Gasteiger partial charge in [-0.1, -0.05) is 12.1 Å². The predicted octanol–water partition coefficient (Wildman–Crippen LogP) is 4.49. The summed E-state index contributed by atoms with van der Waals surface area (Å²) < 4.78 is 49.3. The van der Waals surface area contributed by atoms with Crippen molar-refractivity contribution in [2.45, 2.75) is 25.5 Å². The maximum atomic E-state index is 12.7. The number of nitrogens with zero attached hydrogens (tertiary/aromatic N) is 2. The molecule has 0 N–H and O–H groups in total. The Hall–Kier alpha value is -2.15. The van der Waals surface area contributed by atoms with E-state index in [0.29, 0.717) is 18.7 Å². The van der Waals surface area contributed by atoms with Crippen LogP contribution >= 0.6 is 11.6 Å². The van der Waals surface area contributed by atoms with Gasteiger partial charge >= 0.3 is 6.18 Å². The van der Waals surface area contributed by atoms with Crippen LogP contribution in [0.3, 0.4) is 0 Å². The van der Waals surface area contributed by atoms with Gasteiger partial charge < -0.3 is 9.47 Å². The molecule has 8 heteroatoms. The summed E-state index contributed by atoms with van der Waals surface area (Å²) in [6.45, 7) is 1.90. The quantitative estimate of drug-likeness (QED) is 0.539. The fourth-order valence-corrected chi connectivity index (χ4v) is 2.02. The van der Waals surface area contributed by atoms with Gasteiger partial charge in [0.1, 0.15) is 12.0 Å². The van der Waals surface area contributed by atoms with E-state index < -0.39 is 11.9 Å². The number of ether oxygens (including phenoxy) is 2. The molecule has 0 saturated heterocycles. The van der Waals surface area contributed by atoms with Gasteiger partial charge in [-0.3, -0.25) is 4.68 Å². The van der Waals surface area contributed by atoms with Gasteiger partial charge in [-0.15, -0.1) is 11.6 Å². The molecule has 1 aromatic heterocycles. The molecule has 0 aliphatic rings. The molecular formula is C16H16ClF3N2O2. The number of rotatable bonds is 7. The number of halogens is 4. The van der Waals surface area contributed by atoms with Crippen molar-refractivity contribution < 1.29 is 22.6 Å². The zero-order valence-corrected chi connectivity index (χ0v) is 13.6. The summed E-state index contributed by atoms with van der Waals surface area (Å²) in [4.78, 5) is 0. The summed E-state index contributed by atoms with van der Waals surface area (Å²) in [7, 11) is 0. The molecular weight excluding hydrogens is 345 g/mol. The van der Waals surface area contributed by atoms with Crippen LogP contribution in [-0.4, -0.2) is 22.6 Å². The molecule has 0 unspecified atom stereocenters. The van der Waals surface area contributed by atoms with Crippen LogP contribution in [0, 0.1) is 0 Å². The second-order valence-corrected chi connectivity index (χ2v) is 5.12. The second-order valence-electron chi connectivity index (χ2n) is 4.85. The predicted molar refractivity (Wildman–Crippen MR) is 83.7 cm³/mol. The van der Waals surface area contributed by atoms with Gasteiger partial charge in [0.15, 0.2) is 0 Å². The summed E-state index contributed by atoms with van der Waals surface area (Å²) in [6, 6.07) is 6.66. The highest BCUT2D eigenvalue weighted by Gasteiger charge is 2.36. The summed E-state index contributed by atoms with van der Waals surface area (Å²) >= 11 is 5.71. The van der Waals surface area contributed by atoms with E-state index in [1.54, 1.807) is 35.1 Å². The number of alkyl halides is 4. The summed E-state index contributed by atoms with van der Waals surface area (Å²) in [5, 5.41) is 4.16. The van der Waals surface area contributed by atoms with Gasteiger partial charge in [0.2, 0.25) is 5.76 Å². The van der Waals surface area contributed by atoms with Crippen molar-refractivity contribution in [3.63, 3.8) is 0 Å². The Morgan fingerprint density at radius 3 is 2.50 bits per heavy atom. The zero-order valence-electron chi connectivity index (χ0n) is 12.9. The summed E-state index contributed by atoms with van der Waals surface area (Å²) in [6.07, 6.45) is -0.506. The van der Waals surface area contributed by atoms with Crippen LogP contribution in [0.5, 0.6) is 5.75 Å². The molecule has 0 saturated carbocycles. The van der Waals surface area contributed by atoms with Crippen LogP contribution in [-0.2, 0) is 17.2 Å². The van der Waals surface area contributed by atoms with Crippen LogP contribution in [0.2, 0.25) is 0 Å². The molecule has 1 aromatic carbocycles. The van der Waals surface area contributed by atoms with Crippen LogP contribution < -0.4 is 4.74 Å². The Bertz CT molecular complexity index is 681. The molecule has 4 nitrogen and oxygen atoms in total. The molecule has 0 amide bonds. The van der Waals surface area contributed by atoms with Gasteiger partial charge in [-0.25, -0.2) is 0 Å². The van der Waals surface area contributed by atoms with E-state index in [1.165, 1.54) is 6.92 Å². The highest BCUT2D eigenvalue weighted by atomic mass is 35.5. The highest BCUT2D eigenvalue weighted by molar-refractivity contribution is 6.17. The summed E-state index contributed by atoms with van der Waals surface area (Å²) in [5.74, 6) is -0.498. The molecule has 130 valence electrons. The van der Waals surface area contributed by atoms with Crippen LogP contribution in [0.4, 0.5) is 13.2 Å². The summed E-state index contributed by atoms with van der Waals surface area (Å²) in [5.41, 5.74) is 1.84. The SMILES string of the molecule is CCO/C(=C\Oc1ccc(Cn2cc(CCl)cn2)cc1)C(F)(F)F. The smallest absolute Gasteiger partial charge is 0.452 e. The average molecular weight is 361 g/mol. The Morgan fingerprint density at radius 1 is 1.25 bits per heavy atom. The van der Waals surface area contributed by atoms with Crippen LogP contribution in [0.25, 0.3) is 0 Å². The first-order valence-corrected chi connectivity index (χ1v) is 7.69. The van der Waals surface area contributed by atoms with E-state index in [9.17, 15) is 13.2 Å². The largest absolute Gasteiger partial charge is 0.487 e. The number of allylic oxidation sites excluding steroid dienone is 1. The molecule has 0 aliphatic carbocycles. The molecule has 0 spiro atoms. The lowest BCUT2D eigenvalue weighted by atomic mass is 10.2. The third kappa shape index (κ3) is 5.19. The molecule has 0 atom stereocenters. The third-order valence-electron chi connectivity index (χ3n) is 2.99. The molecule has 0 fully saturated rings. The van der Waals surface area contributed by atoms with Crippen molar-refractivity contribution in [3.8, 4) is 5.75 Å². The first-order valence-electron chi connectivity index (χ1n) is 7.15. The van der Waals surface area contributed by atoms with Gasteiger partial charge in [0.05, 0.1) is 25.2 Å². The maximum Gasteiger partial charge on any atom is 0.452 e. The Balaban J connectivity index is 2.00. The first kappa shape index (κ1) is 18.2. The van der Waals surface area contributed by atoms with Crippen molar-refractivity contribution in [2.75, 3.05) is 6.61 Å². The highest BCUT2D eigenvalue weighted by Crippen LogP contribution is 2.27. The Morgan fingerprint density at radius 2 is 1.96 bits per heavy atom. The zero-order chi connectivity index (χ0) is 17.6. The van der Waals surface area contributed by atoms with Crippen molar-refractivity contribution >= 4 is 11.6 Å². The van der Waals surface area contributed by atoms with E-state index in [0.717, 1.165) is 11.1 Å². The van der Waals surface area contributed by atoms with Gasteiger partial charge in [0, 0.05) is 11.8 Å². The monoisotopic (exact) mass is 360 g/mol. The lowest BCUT2D eigenvalue weighted by molar-refractivity contribution is -0.132.